The van der Waals surface area contributed by atoms with Crippen molar-refractivity contribution in [1.82, 2.24) is 0 Å². The molecule has 2 unspecified atom stereocenters. The predicted octanol–water partition coefficient (Wildman–Crippen LogP) is 9.42. The van der Waals surface area contributed by atoms with Gasteiger partial charge in [0.2, 0.25) is 5.82 Å². The van der Waals surface area contributed by atoms with E-state index in [0.717, 1.165) is 25.7 Å². The van der Waals surface area contributed by atoms with E-state index in [1.54, 1.807) is 19.1 Å². The van der Waals surface area contributed by atoms with E-state index in [1.165, 1.54) is 12.1 Å². The maximum absolute atomic E-state index is 15.3. The zero-order valence-electron chi connectivity index (χ0n) is 23.2. The summed E-state index contributed by atoms with van der Waals surface area (Å²) < 4.78 is 64.5. The number of hydrogen-bond donors (Lipinski definition) is 1. The Hall–Kier alpha value is -2.60. The monoisotopic (exact) mass is 546 g/mol. The van der Waals surface area contributed by atoms with Crippen LogP contribution in [0.25, 0.3) is 0 Å². The molecular formula is C33H42F4O2. The van der Waals surface area contributed by atoms with Crippen LogP contribution in [0.2, 0.25) is 0 Å². The van der Waals surface area contributed by atoms with Gasteiger partial charge in [0.05, 0.1) is 12.7 Å². The third-order valence-electron chi connectivity index (χ3n) is 7.97. The molecule has 2 aliphatic rings. The van der Waals surface area contributed by atoms with Crippen LogP contribution in [-0.4, -0.2) is 17.8 Å². The van der Waals surface area contributed by atoms with Crippen LogP contribution >= 0.6 is 0 Å². The average Bonchev–Trinajstić information content (AvgIpc) is 2.93. The van der Waals surface area contributed by atoms with Crippen LogP contribution in [0.3, 0.4) is 0 Å². The number of aliphatic hydroxyl groups excluding tert-OH is 1. The van der Waals surface area contributed by atoms with Gasteiger partial charge in [-0.15, -0.1) is 6.58 Å². The maximum atomic E-state index is 15.3. The minimum Gasteiger partial charge on any atom is -0.490 e. The zero-order valence-corrected chi connectivity index (χ0v) is 23.2. The summed E-state index contributed by atoms with van der Waals surface area (Å²) in [4.78, 5) is 0. The number of aliphatic hydroxyl groups is 1. The topological polar surface area (TPSA) is 29.5 Å². The van der Waals surface area contributed by atoms with Gasteiger partial charge in [0.15, 0.2) is 17.4 Å². The number of halogens is 4. The maximum Gasteiger partial charge on any atom is 0.200 e. The van der Waals surface area contributed by atoms with Gasteiger partial charge in [-0.05, 0) is 100 Å². The molecule has 0 spiro atoms. The first-order valence-corrected chi connectivity index (χ1v) is 14.3. The van der Waals surface area contributed by atoms with E-state index in [0.29, 0.717) is 49.7 Å². The Kier molecular flexibility index (Phi) is 12.1. The smallest absolute Gasteiger partial charge is 0.200 e. The third-order valence-corrected chi connectivity index (χ3v) is 7.97. The summed E-state index contributed by atoms with van der Waals surface area (Å²) in [7, 11) is 0. The normalized spacial score (nSPS) is 23.2. The standard InChI is InChI=1S/C33H42F4O2/c1-4-6-21-39-29-20-17-26(30(34)33(29)37)12-9-7-8-11-24(10-5-2)27-18-19-28(32(36)31(27)35)25-15-13-23(14-16-25)22(3)38/h4,8,10-11,17-18,20,22-23,25,28,38H,1,5-7,9,12-16,19,21H2,2-3H3/b11-8-,24-10+. The van der Waals surface area contributed by atoms with E-state index in [9.17, 15) is 13.9 Å². The average molecular weight is 547 g/mol. The van der Waals surface area contributed by atoms with Crippen molar-refractivity contribution in [3.63, 3.8) is 0 Å². The van der Waals surface area contributed by atoms with Gasteiger partial charge in [0.1, 0.15) is 5.83 Å². The molecule has 2 aliphatic carbocycles. The molecule has 1 fully saturated rings. The van der Waals surface area contributed by atoms with Crippen molar-refractivity contribution in [3.05, 3.63) is 89.1 Å². The molecule has 1 aromatic carbocycles. The van der Waals surface area contributed by atoms with E-state index >= 15 is 8.78 Å². The molecule has 0 bridgehead atoms. The summed E-state index contributed by atoms with van der Waals surface area (Å²) in [5.74, 6) is -3.52. The number of benzene rings is 1. The van der Waals surface area contributed by atoms with Crippen LogP contribution in [0.1, 0.15) is 77.2 Å². The van der Waals surface area contributed by atoms with Crippen molar-refractivity contribution in [1.29, 1.82) is 0 Å². The molecule has 1 aromatic rings. The Morgan fingerprint density at radius 1 is 1.10 bits per heavy atom. The van der Waals surface area contributed by atoms with Crippen molar-refractivity contribution < 1.29 is 27.4 Å². The van der Waals surface area contributed by atoms with Crippen molar-refractivity contribution in [3.8, 4) is 5.75 Å². The molecule has 0 aromatic heterocycles. The van der Waals surface area contributed by atoms with Crippen LogP contribution < -0.4 is 4.74 Å². The molecule has 0 saturated heterocycles. The summed E-state index contributed by atoms with van der Waals surface area (Å²) >= 11 is 0. The fraction of sp³-hybridized carbons (Fsp3) is 0.515. The lowest BCUT2D eigenvalue weighted by atomic mass is 9.71. The second-order valence-corrected chi connectivity index (χ2v) is 10.7. The molecule has 1 N–H and O–H groups in total. The highest BCUT2D eigenvalue weighted by atomic mass is 19.2. The van der Waals surface area contributed by atoms with Crippen LogP contribution in [0.4, 0.5) is 17.6 Å². The minimum absolute atomic E-state index is 0.0932. The molecule has 0 heterocycles. The van der Waals surface area contributed by atoms with E-state index < -0.39 is 29.2 Å². The van der Waals surface area contributed by atoms with Crippen molar-refractivity contribution in [2.45, 2.75) is 84.2 Å². The van der Waals surface area contributed by atoms with Crippen molar-refractivity contribution >= 4 is 0 Å². The van der Waals surface area contributed by atoms with Crippen molar-refractivity contribution in [2.75, 3.05) is 6.61 Å². The molecule has 6 heteroatoms. The summed E-state index contributed by atoms with van der Waals surface area (Å²) in [5.41, 5.74) is 1.21. The van der Waals surface area contributed by atoms with Gasteiger partial charge in [-0.3, -0.25) is 0 Å². The van der Waals surface area contributed by atoms with E-state index in [2.05, 4.69) is 6.58 Å². The van der Waals surface area contributed by atoms with Gasteiger partial charge in [-0.25, -0.2) is 13.2 Å². The molecular weight excluding hydrogens is 504 g/mol. The lowest BCUT2D eigenvalue weighted by molar-refractivity contribution is 0.0784. The van der Waals surface area contributed by atoms with Crippen LogP contribution in [0, 0.1) is 29.4 Å². The first-order chi connectivity index (χ1) is 18.8. The summed E-state index contributed by atoms with van der Waals surface area (Å²) in [5, 5.41) is 9.84. The van der Waals surface area contributed by atoms with Gasteiger partial charge >= 0.3 is 0 Å². The Labute approximate surface area is 230 Å². The lowest BCUT2D eigenvalue weighted by Gasteiger charge is -2.35. The van der Waals surface area contributed by atoms with Gasteiger partial charge in [0, 0.05) is 11.5 Å². The highest BCUT2D eigenvalue weighted by Crippen LogP contribution is 2.45. The largest absolute Gasteiger partial charge is 0.490 e. The molecule has 214 valence electrons. The first kappa shape index (κ1) is 30.9. The quantitative estimate of drug-likeness (QED) is 0.116. The lowest BCUT2D eigenvalue weighted by Crippen LogP contribution is -2.28. The Bertz CT molecular complexity index is 1090. The van der Waals surface area contributed by atoms with E-state index in [1.807, 2.05) is 25.2 Å². The number of aryl methyl sites for hydroxylation is 1. The van der Waals surface area contributed by atoms with Crippen molar-refractivity contribution in [2.24, 2.45) is 17.8 Å². The minimum atomic E-state index is -0.983. The molecule has 3 rings (SSSR count). The van der Waals surface area contributed by atoms with E-state index in [4.69, 9.17) is 4.74 Å². The van der Waals surface area contributed by atoms with Gasteiger partial charge in [0.25, 0.3) is 0 Å². The van der Waals surface area contributed by atoms with Gasteiger partial charge in [-0.2, -0.15) is 4.39 Å². The Morgan fingerprint density at radius 2 is 1.85 bits per heavy atom. The fourth-order valence-electron chi connectivity index (χ4n) is 5.64. The third kappa shape index (κ3) is 8.20. The van der Waals surface area contributed by atoms with Gasteiger partial charge in [-0.1, -0.05) is 43.4 Å². The van der Waals surface area contributed by atoms with Gasteiger partial charge < -0.3 is 9.84 Å². The highest BCUT2D eigenvalue weighted by molar-refractivity contribution is 5.52. The van der Waals surface area contributed by atoms with E-state index in [-0.39, 0.29) is 35.9 Å². The summed E-state index contributed by atoms with van der Waals surface area (Å²) in [6, 6.07) is 2.98. The molecule has 39 heavy (non-hydrogen) atoms. The predicted molar refractivity (Wildman–Crippen MR) is 150 cm³/mol. The van der Waals surface area contributed by atoms with Crippen LogP contribution in [0.15, 0.2) is 71.9 Å². The number of allylic oxidation sites excluding steroid dienone is 8. The summed E-state index contributed by atoms with van der Waals surface area (Å²) in [6.07, 6.45) is 15.1. The molecule has 0 aliphatic heterocycles. The molecule has 2 atom stereocenters. The number of ether oxygens (including phenoxy) is 1. The summed E-state index contributed by atoms with van der Waals surface area (Å²) in [6.45, 7) is 7.55. The molecule has 2 nitrogen and oxygen atoms in total. The number of hydrogen-bond acceptors (Lipinski definition) is 2. The first-order valence-electron chi connectivity index (χ1n) is 14.3. The molecule has 0 amide bonds. The second-order valence-electron chi connectivity index (χ2n) is 10.7. The fourth-order valence-corrected chi connectivity index (χ4v) is 5.64. The number of rotatable bonds is 13. The van der Waals surface area contributed by atoms with Crippen LogP contribution in [0.5, 0.6) is 5.75 Å². The highest BCUT2D eigenvalue weighted by Gasteiger charge is 2.35. The Morgan fingerprint density at radius 3 is 2.51 bits per heavy atom. The Balaban J connectivity index is 1.57. The molecule has 0 radical (unpaired) electrons. The SMILES string of the molecule is C=CCCOc1ccc(CCC/C=C\C(=C/CC)C2=CCC(C3CCC(C(C)O)CC3)C(F)=C2F)c(F)c1F. The molecule has 1 saturated carbocycles. The number of unbranched alkanes of at least 4 members (excludes halogenated alkanes) is 1. The zero-order chi connectivity index (χ0) is 28.4. The van der Waals surface area contributed by atoms with Crippen LogP contribution in [-0.2, 0) is 6.42 Å². The second kappa shape index (κ2) is 15.3.